The molecule has 2 amide bonds. The summed E-state index contributed by atoms with van der Waals surface area (Å²) >= 11 is 0. The molecule has 2 aliphatic heterocycles. The Bertz CT molecular complexity index is 611. The molecule has 3 rings (SSSR count). The lowest BCUT2D eigenvalue weighted by molar-refractivity contribution is -0.113. The molecule has 0 spiro atoms. The van der Waals surface area contributed by atoms with Crippen molar-refractivity contribution >= 4 is 23.2 Å². The molecule has 0 saturated heterocycles. The molecule has 6 heteroatoms. The topological polar surface area (TPSA) is 76.7 Å². The van der Waals surface area contributed by atoms with Gasteiger partial charge in [-0.25, -0.2) is 0 Å². The molecule has 114 valence electrons. The lowest BCUT2D eigenvalue weighted by Crippen LogP contribution is -2.15. The molecule has 6 nitrogen and oxygen atoms in total. The van der Waals surface area contributed by atoms with Gasteiger partial charge in [0.2, 0.25) is 0 Å². The summed E-state index contributed by atoms with van der Waals surface area (Å²) in [6, 6.07) is 7.01. The van der Waals surface area contributed by atoms with Crippen molar-refractivity contribution in [1.82, 2.24) is 0 Å². The van der Waals surface area contributed by atoms with Crippen LogP contribution in [0.5, 0.6) is 0 Å². The van der Waals surface area contributed by atoms with Crippen molar-refractivity contribution in [1.29, 1.82) is 0 Å². The Balaban J connectivity index is 1.64. The number of hydrogen-bond acceptors (Lipinski definition) is 4. The van der Waals surface area contributed by atoms with Crippen molar-refractivity contribution in [3.05, 3.63) is 47.9 Å². The molecule has 22 heavy (non-hydrogen) atoms. The predicted octanol–water partition coefficient (Wildman–Crippen LogP) is 2.17. The van der Waals surface area contributed by atoms with Gasteiger partial charge in [0.05, 0.1) is 36.9 Å². The van der Waals surface area contributed by atoms with Crippen LogP contribution in [-0.4, -0.2) is 25.0 Å². The second kappa shape index (κ2) is 6.34. The van der Waals surface area contributed by atoms with Crippen LogP contribution in [-0.2, 0) is 19.1 Å². The van der Waals surface area contributed by atoms with Gasteiger partial charge in [0, 0.05) is 24.2 Å². The van der Waals surface area contributed by atoms with Gasteiger partial charge in [-0.3, -0.25) is 9.59 Å². The van der Waals surface area contributed by atoms with E-state index in [-0.39, 0.29) is 11.8 Å². The van der Waals surface area contributed by atoms with E-state index >= 15 is 0 Å². The molecular formula is C16H16N2O4. The fraction of sp³-hybridized carbons (Fsp3) is 0.250. The van der Waals surface area contributed by atoms with Crippen molar-refractivity contribution in [2.24, 2.45) is 0 Å². The first-order valence-corrected chi connectivity index (χ1v) is 7.06. The van der Waals surface area contributed by atoms with E-state index in [1.54, 1.807) is 24.3 Å². The van der Waals surface area contributed by atoms with E-state index in [0.717, 1.165) is 0 Å². The van der Waals surface area contributed by atoms with E-state index in [0.29, 0.717) is 48.6 Å². The smallest absolute Gasteiger partial charge is 0.254 e. The zero-order valence-electron chi connectivity index (χ0n) is 11.9. The number of amides is 2. The van der Waals surface area contributed by atoms with Gasteiger partial charge in [0.25, 0.3) is 11.8 Å². The molecule has 2 heterocycles. The number of ether oxygens (including phenoxy) is 2. The van der Waals surface area contributed by atoms with Crippen molar-refractivity contribution < 1.29 is 19.1 Å². The molecular weight excluding hydrogens is 284 g/mol. The normalized spacial score (nSPS) is 16.2. The molecule has 0 radical (unpaired) electrons. The number of hydrogen-bond donors (Lipinski definition) is 2. The van der Waals surface area contributed by atoms with Crippen LogP contribution in [0.25, 0.3) is 0 Å². The highest BCUT2D eigenvalue weighted by Crippen LogP contribution is 2.19. The van der Waals surface area contributed by atoms with Crippen LogP contribution in [0.15, 0.2) is 47.9 Å². The SMILES string of the molecule is O=C(Nc1cccc(NC(=O)C2=COCC2)c1)C1=COCC1. The third-order valence-electron chi connectivity index (χ3n) is 3.39. The van der Waals surface area contributed by atoms with Gasteiger partial charge < -0.3 is 20.1 Å². The van der Waals surface area contributed by atoms with Crippen LogP contribution in [0.1, 0.15) is 12.8 Å². The Hall–Kier alpha value is -2.76. The van der Waals surface area contributed by atoms with Crippen LogP contribution in [0.2, 0.25) is 0 Å². The van der Waals surface area contributed by atoms with Crippen molar-refractivity contribution in [2.45, 2.75) is 12.8 Å². The van der Waals surface area contributed by atoms with Crippen molar-refractivity contribution in [3.63, 3.8) is 0 Å². The van der Waals surface area contributed by atoms with Gasteiger partial charge in [-0.05, 0) is 18.2 Å². The minimum atomic E-state index is -0.187. The fourth-order valence-corrected chi connectivity index (χ4v) is 2.21. The Morgan fingerprint density at radius 3 is 1.77 bits per heavy atom. The monoisotopic (exact) mass is 300 g/mol. The number of carbonyl (C=O) groups excluding carboxylic acids is 2. The van der Waals surface area contributed by atoms with E-state index in [1.165, 1.54) is 12.5 Å². The molecule has 0 unspecified atom stereocenters. The number of benzene rings is 1. The lowest BCUT2D eigenvalue weighted by atomic mass is 10.2. The zero-order chi connectivity index (χ0) is 15.4. The van der Waals surface area contributed by atoms with Crippen LogP contribution in [0.3, 0.4) is 0 Å². The maximum Gasteiger partial charge on any atom is 0.254 e. The molecule has 0 aliphatic carbocycles. The second-order valence-corrected chi connectivity index (χ2v) is 5.02. The van der Waals surface area contributed by atoms with E-state index in [1.807, 2.05) is 0 Å². The molecule has 0 fully saturated rings. The van der Waals surface area contributed by atoms with E-state index in [4.69, 9.17) is 9.47 Å². The highest BCUT2D eigenvalue weighted by Gasteiger charge is 2.16. The Labute approximate surface area is 127 Å². The Kier molecular flexibility index (Phi) is 4.09. The summed E-state index contributed by atoms with van der Waals surface area (Å²) in [5, 5.41) is 5.58. The first-order chi connectivity index (χ1) is 10.7. The van der Waals surface area contributed by atoms with Crippen molar-refractivity contribution in [3.8, 4) is 0 Å². The third kappa shape index (κ3) is 3.28. The first-order valence-electron chi connectivity index (χ1n) is 7.06. The largest absolute Gasteiger partial charge is 0.500 e. The molecule has 0 bridgehead atoms. The van der Waals surface area contributed by atoms with Gasteiger partial charge in [-0.1, -0.05) is 6.07 Å². The summed E-state index contributed by atoms with van der Waals surface area (Å²) in [6.45, 7) is 1.08. The molecule has 2 aliphatic rings. The number of rotatable bonds is 4. The van der Waals surface area contributed by atoms with Crippen LogP contribution >= 0.6 is 0 Å². The molecule has 2 N–H and O–H groups in total. The van der Waals surface area contributed by atoms with Gasteiger partial charge in [0.15, 0.2) is 0 Å². The molecule has 1 aromatic rings. The maximum absolute atomic E-state index is 12.0. The third-order valence-corrected chi connectivity index (χ3v) is 3.39. The Morgan fingerprint density at radius 1 is 0.864 bits per heavy atom. The maximum atomic E-state index is 12.0. The van der Waals surface area contributed by atoms with E-state index in [9.17, 15) is 9.59 Å². The first kappa shape index (κ1) is 14.2. The Morgan fingerprint density at radius 2 is 1.36 bits per heavy atom. The average molecular weight is 300 g/mol. The number of carbonyl (C=O) groups is 2. The summed E-state index contributed by atoms with van der Waals surface area (Å²) < 4.78 is 10.1. The van der Waals surface area contributed by atoms with Crippen LogP contribution in [0.4, 0.5) is 11.4 Å². The highest BCUT2D eigenvalue weighted by atomic mass is 16.5. The minimum Gasteiger partial charge on any atom is -0.500 e. The lowest BCUT2D eigenvalue weighted by Gasteiger charge is -2.09. The minimum absolute atomic E-state index is 0.187. The number of anilines is 2. The highest BCUT2D eigenvalue weighted by molar-refractivity contribution is 6.05. The summed E-state index contributed by atoms with van der Waals surface area (Å²) in [7, 11) is 0. The molecule has 1 aromatic carbocycles. The molecule has 0 saturated carbocycles. The second-order valence-electron chi connectivity index (χ2n) is 5.02. The fourth-order valence-electron chi connectivity index (χ4n) is 2.21. The predicted molar refractivity (Wildman–Crippen MR) is 81.0 cm³/mol. The number of nitrogens with one attached hydrogen (secondary N) is 2. The van der Waals surface area contributed by atoms with Gasteiger partial charge >= 0.3 is 0 Å². The quantitative estimate of drug-likeness (QED) is 0.893. The summed E-state index contributed by atoms with van der Waals surface area (Å²) in [5.74, 6) is -0.374. The molecule has 0 aromatic heterocycles. The van der Waals surface area contributed by atoms with E-state index in [2.05, 4.69) is 10.6 Å². The average Bonchev–Trinajstić information content (AvgIpc) is 3.21. The summed E-state index contributed by atoms with van der Waals surface area (Å²) in [4.78, 5) is 24.0. The van der Waals surface area contributed by atoms with Gasteiger partial charge in [-0.2, -0.15) is 0 Å². The van der Waals surface area contributed by atoms with Crippen molar-refractivity contribution in [2.75, 3.05) is 23.8 Å². The van der Waals surface area contributed by atoms with Crippen LogP contribution < -0.4 is 10.6 Å². The van der Waals surface area contributed by atoms with E-state index < -0.39 is 0 Å². The van der Waals surface area contributed by atoms with Gasteiger partial charge in [-0.15, -0.1) is 0 Å². The summed E-state index contributed by atoms with van der Waals surface area (Å²) in [6.07, 6.45) is 4.17. The standard InChI is InChI=1S/C16H16N2O4/c19-15(11-4-6-21-9-11)17-13-2-1-3-14(8-13)18-16(20)12-5-7-22-10-12/h1-3,8-10H,4-7H2,(H,17,19)(H,18,20). The van der Waals surface area contributed by atoms with Gasteiger partial charge in [0.1, 0.15) is 0 Å². The zero-order valence-corrected chi connectivity index (χ0v) is 11.9. The summed E-state index contributed by atoms with van der Waals surface area (Å²) in [5.41, 5.74) is 2.46. The molecule has 0 atom stereocenters. The van der Waals surface area contributed by atoms with Crippen LogP contribution in [0, 0.1) is 0 Å².